The van der Waals surface area contributed by atoms with Gasteiger partial charge >= 0.3 is 0 Å². The summed E-state index contributed by atoms with van der Waals surface area (Å²) in [5.41, 5.74) is 2.64. The molecule has 0 bridgehead atoms. The molecule has 1 aromatic heterocycles. The van der Waals surface area contributed by atoms with Crippen molar-refractivity contribution in [3.05, 3.63) is 35.7 Å². The van der Waals surface area contributed by atoms with E-state index in [0.717, 1.165) is 22.8 Å². The molecule has 1 heterocycles. The van der Waals surface area contributed by atoms with Gasteiger partial charge in [0.05, 0.1) is 19.9 Å². The van der Waals surface area contributed by atoms with Gasteiger partial charge in [0.2, 0.25) is 5.95 Å². The summed E-state index contributed by atoms with van der Waals surface area (Å²) in [5, 5.41) is 3.15. The molecule has 20 heavy (non-hydrogen) atoms. The zero-order valence-electron chi connectivity index (χ0n) is 11.9. The summed E-state index contributed by atoms with van der Waals surface area (Å²) < 4.78 is 10.5. The van der Waals surface area contributed by atoms with Gasteiger partial charge in [0.1, 0.15) is 11.5 Å². The summed E-state index contributed by atoms with van der Waals surface area (Å²) in [6, 6.07) is 7.47. The van der Waals surface area contributed by atoms with E-state index in [1.165, 1.54) is 0 Å². The van der Waals surface area contributed by atoms with Crippen LogP contribution in [0.25, 0.3) is 0 Å². The maximum atomic E-state index is 5.32. The van der Waals surface area contributed by atoms with E-state index in [2.05, 4.69) is 15.3 Å². The number of nitrogens with one attached hydrogen (secondary N) is 1. The van der Waals surface area contributed by atoms with Crippen molar-refractivity contribution in [3.8, 4) is 11.5 Å². The van der Waals surface area contributed by atoms with Crippen molar-refractivity contribution in [2.75, 3.05) is 19.5 Å². The second-order valence-electron chi connectivity index (χ2n) is 4.17. The molecule has 0 saturated heterocycles. The van der Waals surface area contributed by atoms with Gasteiger partial charge in [0, 0.05) is 17.5 Å². The normalized spacial score (nSPS) is 9.60. The molecule has 0 spiro atoms. The van der Waals surface area contributed by atoms with Gasteiger partial charge in [-0.05, 0) is 32.0 Å². The first-order chi connectivity index (χ1) is 9.12. The number of aryl methyl sites for hydroxylation is 2. The Labute approximate surface area is 124 Å². The molecule has 0 aliphatic heterocycles. The molecule has 0 unspecified atom stereocenters. The summed E-state index contributed by atoms with van der Waals surface area (Å²) in [7, 11) is 3.23. The van der Waals surface area contributed by atoms with Crippen molar-refractivity contribution in [1.29, 1.82) is 0 Å². The molecule has 1 aromatic carbocycles. The maximum absolute atomic E-state index is 5.32. The van der Waals surface area contributed by atoms with Crippen LogP contribution in [0.4, 0.5) is 11.6 Å². The molecule has 1 N–H and O–H groups in total. The molecule has 0 fully saturated rings. The lowest BCUT2D eigenvalue weighted by Crippen LogP contribution is -2.01. The average Bonchev–Trinajstić information content (AvgIpc) is 2.38. The minimum atomic E-state index is 0. The van der Waals surface area contributed by atoms with Gasteiger partial charge < -0.3 is 14.8 Å². The van der Waals surface area contributed by atoms with E-state index in [0.29, 0.717) is 11.7 Å². The minimum absolute atomic E-state index is 0. The Morgan fingerprint density at radius 2 is 1.60 bits per heavy atom. The van der Waals surface area contributed by atoms with Crippen molar-refractivity contribution < 1.29 is 9.47 Å². The third-order valence-electron chi connectivity index (χ3n) is 2.64. The number of benzene rings is 1. The molecule has 0 atom stereocenters. The molecule has 5 nitrogen and oxygen atoms in total. The smallest absolute Gasteiger partial charge is 0.227 e. The van der Waals surface area contributed by atoms with Crippen LogP contribution in [0.5, 0.6) is 11.5 Å². The Morgan fingerprint density at radius 3 is 2.15 bits per heavy atom. The average molecular weight is 296 g/mol. The summed E-state index contributed by atoms with van der Waals surface area (Å²) in [5.74, 6) is 1.98. The zero-order valence-corrected chi connectivity index (χ0v) is 12.7. The largest absolute Gasteiger partial charge is 0.497 e. The van der Waals surface area contributed by atoms with E-state index in [-0.39, 0.29) is 12.4 Å². The summed E-state index contributed by atoms with van der Waals surface area (Å²) >= 11 is 0. The summed E-state index contributed by atoms with van der Waals surface area (Å²) in [6.07, 6.45) is 0. The van der Waals surface area contributed by atoms with Crippen LogP contribution >= 0.6 is 12.4 Å². The Kier molecular flexibility index (Phi) is 5.58. The molecule has 2 aromatic rings. The topological polar surface area (TPSA) is 56.3 Å². The summed E-state index contributed by atoms with van der Waals surface area (Å²) in [6.45, 7) is 3.87. The lowest BCUT2D eigenvalue weighted by Gasteiger charge is -2.12. The molecule has 108 valence electrons. The van der Waals surface area contributed by atoms with Gasteiger partial charge in [-0.25, -0.2) is 9.97 Å². The van der Waals surface area contributed by atoms with Crippen LogP contribution in [0.1, 0.15) is 11.4 Å². The van der Waals surface area contributed by atoms with Gasteiger partial charge in [0.25, 0.3) is 0 Å². The minimum Gasteiger partial charge on any atom is -0.497 e. The highest BCUT2D eigenvalue weighted by Gasteiger charge is 2.07. The number of rotatable bonds is 4. The molecule has 0 saturated carbocycles. The molecule has 0 amide bonds. The van der Waals surface area contributed by atoms with Crippen LogP contribution in [-0.2, 0) is 0 Å². The molecule has 0 radical (unpaired) electrons. The van der Waals surface area contributed by atoms with E-state index in [1.807, 2.05) is 38.1 Å². The SMILES string of the molecule is COc1ccc(Nc2nc(C)cc(C)n2)c(OC)c1.Cl. The van der Waals surface area contributed by atoms with Gasteiger partial charge in [0.15, 0.2) is 0 Å². The van der Waals surface area contributed by atoms with Crippen LogP contribution in [0.2, 0.25) is 0 Å². The van der Waals surface area contributed by atoms with Crippen LogP contribution in [0.15, 0.2) is 24.3 Å². The van der Waals surface area contributed by atoms with Gasteiger partial charge in [-0.15, -0.1) is 12.4 Å². The highest BCUT2D eigenvalue weighted by atomic mass is 35.5. The number of halogens is 1. The molecular formula is C14H18ClN3O2. The van der Waals surface area contributed by atoms with Crippen LogP contribution in [0.3, 0.4) is 0 Å². The number of aromatic nitrogens is 2. The van der Waals surface area contributed by atoms with Crippen molar-refractivity contribution in [2.45, 2.75) is 13.8 Å². The van der Waals surface area contributed by atoms with Gasteiger partial charge in [-0.2, -0.15) is 0 Å². The number of hydrogen-bond donors (Lipinski definition) is 1. The number of nitrogens with zero attached hydrogens (tertiary/aromatic N) is 2. The first-order valence-electron chi connectivity index (χ1n) is 5.93. The van der Waals surface area contributed by atoms with Crippen LogP contribution < -0.4 is 14.8 Å². The van der Waals surface area contributed by atoms with Crippen molar-refractivity contribution in [1.82, 2.24) is 9.97 Å². The highest BCUT2D eigenvalue weighted by molar-refractivity contribution is 5.85. The van der Waals surface area contributed by atoms with Crippen LogP contribution in [-0.4, -0.2) is 24.2 Å². The zero-order chi connectivity index (χ0) is 13.8. The Bertz CT molecular complexity index is 570. The summed E-state index contributed by atoms with van der Waals surface area (Å²) in [4.78, 5) is 8.68. The molecule has 0 aliphatic rings. The monoisotopic (exact) mass is 295 g/mol. The number of hydrogen-bond acceptors (Lipinski definition) is 5. The van der Waals surface area contributed by atoms with E-state index >= 15 is 0 Å². The van der Waals surface area contributed by atoms with E-state index < -0.39 is 0 Å². The van der Waals surface area contributed by atoms with E-state index in [1.54, 1.807) is 14.2 Å². The maximum Gasteiger partial charge on any atom is 0.227 e. The fraction of sp³-hybridized carbons (Fsp3) is 0.286. The fourth-order valence-electron chi connectivity index (χ4n) is 1.80. The second kappa shape index (κ2) is 6.96. The third kappa shape index (κ3) is 3.74. The fourth-order valence-corrected chi connectivity index (χ4v) is 1.80. The molecule has 0 aliphatic carbocycles. The lowest BCUT2D eigenvalue weighted by molar-refractivity contribution is 0.395. The molecular weight excluding hydrogens is 278 g/mol. The third-order valence-corrected chi connectivity index (χ3v) is 2.64. The first-order valence-corrected chi connectivity index (χ1v) is 5.93. The van der Waals surface area contributed by atoms with Gasteiger partial charge in [-0.1, -0.05) is 0 Å². The van der Waals surface area contributed by atoms with Crippen LogP contribution in [0, 0.1) is 13.8 Å². The number of anilines is 2. The highest BCUT2D eigenvalue weighted by Crippen LogP contribution is 2.30. The second-order valence-corrected chi connectivity index (χ2v) is 4.17. The predicted molar refractivity (Wildman–Crippen MR) is 81.6 cm³/mol. The van der Waals surface area contributed by atoms with Crippen molar-refractivity contribution in [3.63, 3.8) is 0 Å². The van der Waals surface area contributed by atoms with Gasteiger partial charge in [-0.3, -0.25) is 0 Å². The Balaban J connectivity index is 0.00000200. The Morgan fingerprint density at radius 1 is 0.950 bits per heavy atom. The van der Waals surface area contributed by atoms with Crippen molar-refractivity contribution in [2.24, 2.45) is 0 Å². The van der Waals surface area contributed by atoms with Crippen molar-refractivity contribution >= 4 is 24.0 Å². The quantitative estimate of drug-likeness (QED) is 0.938. The van der Waals surface area contributed by atoms with E-state index in [4.69, 9.17) is 9.47 Å². The Hall–Kier alpha value is -2.01. The molecule has 6 heteroatoms. The standard InChI is InChI=1S/C14H17N3O2.ClH/c1-9-7-10(2)16-14(15-9)17-12-6-5-11(18-3)8-13(12)19-4;/h5-8H,1-4H3,(H,15,16,17);1H. The first kappa shape index (κ1) is 16.0. The molecule has 2 rings (SSSR count). The van der Waals surface area contributed by atoms with E-state index in [9.17, 15) is 0 Å². The number of methoxy groups -OCH3 is 2. The predicted octanol–water partition coefficient (Wildman–Crippen LogP) is 3.28. The number of ether oxygens (including phenoxy) is 2. The lowest BCUT2D eigenvalue weighted by atomic mass is 10.2.